The zero-order chi connectivity index (χ0) is 16.9. The lowest BCUT2D eigenvalue weighted by Gasteiger charge is -2.20. The summed E-state index contributed by atoms with van der Waals surface area (Å²) in [6.07, 6.45) is 10.9. The summed E-state index contributed by atoms with van der Waals surface area (Å²) in [5.74, 6) is 0.232. The van der Waals surface area contributed by atoms with Gasteiger partial charge in [-0.2, -0.15) is 5.10 Å². The number of hydrogen-bond acceptors (Lipinski definition) is 3. The number of aromatic nitrogens is 3. The van der Waals surface area contributed by atoms with Gasteiger partial charge in [0.1, 0.15) is 11.3 Å². The number of hydrogen-bond donors (Lipinski definition) is 2. The summed E-state index contributed by atoms with van der Waals surface area (Å²) in [5, 5.41) is 7.35. The molecule has 0 atom stereocenters. The molecule has 0 radical (unpaired) electrons. The molecule has 1 saturated carbocycles. The van der Waals surface area contributed by atoms with Crippen LogP contribution in [0, 0.1) is 6.92 Å². The van der Waals surface area contributed by atoms with Crippen LogP contribution in [0.15, 0.2) is 12.3 Å². The Balaban J connectivity index is 1.94. The van der Waals surface area contributed by atoms with Crippen LogP contribution in [0.25, 0.3) is 11.4 Å². The second-order valence-corrected chi connectivity index (χ2v) is 6.64. The van der Waals surface area contributed by atoms with E-state index in [0.717, 1.165) is 11.4 Å². The standard InChI is InChI=1S/C19H27N3O2/c1-3-24-19(23)16-13(2)21-22-18(16)17-15(11-12-20-17)14-9-7-5-4-6-8-10-14/h11-12,14,20H,3-10H2,1-2H3,(H,21,22). The number of rotatable bonds is 4. The minimum absolute atomic E-state index is 0.308. The minimum atomic E-state index is -0.308. The van der Waals surface area contributed by atoms with E-state index < -0.39 is 0 Å². The lowest BCUT2D eigenvalue weighted by molar-refractivity contribution is 0.0526. The Kier molecular flexibility index (Phi) is 5.38. The maximum absolute atomic E-state index is 12.3. The van der Waals surface area contributed by atoms with Gasteiger partial charge in [-0.05, 0) is 44.2 Å². The van der Waals surface area contributed by atoms with Crippen LogP contribution in [-0.4, -0.2) is 27.8 Å². The molecule has 5 nitrogen and oxygen atoms in total. The molecule has 0 aliphatic heterocycles. The second-order valence-electron chi connectivity index (χ2n) is 6.64. The highest BCUT2D eigenvalue weighted by Gasteiger charge is 2.25. The van der Waals surface area contributed by atoms with Crippen LogP contribution in [0.5, 0.6) is 0 Å². The van der Waals surface area contributed by atoms with Crippen molar-refractivity contribution >= 4 is 5.97 Å². The van der Waals surface area contributed by atoms with Crippen LogP contribution < -0.4 is 0 Å². The molecule has 3 rings (SSSR count). The first-order chi connectivity index (χ1) is 11.7. The highest BCUT2D eigenvalue weighted by atomic mass is 16.5. The van der Waals surface area contributed by atoms with Crippen LogP contribution in [0.3, 0.4) is 0 Å². The van der Waals surface area contributed by atoms with Gasteiger partial charge in [0.05, 0.1) is 12.3 Å². The van der Waals surface area contributed by atoms with Gasteiger partial charge in [-0.1, -0.05) is 32.1 Å². The van der Waals surface area contributed by atoms with Gasteiger partial charge in [0.2, 0.25) is 0 Å². The fraction of sp³-hybridized carbons (Fsp3) is 0.579. The van der Waals surface area contributed by atoms with Crippen molar-refractivity contribution in [2.24, 2.45) is 0 Å². The maximum atomic E-state index is 12.3. The van der Waals surface area contributed by atoms with E-state index >= 15 is 0 Å². The summed E-state index contributed by atoms with van der Waals surface area (Å²) >= 11 is 0. The molecule has 0 spiro atoms. The number of aromatic amines is 2. The highest BCUT2D eigenvalue weighted by Crippen LogP contribution is 2.37. The molecule has 0 aromatic carbocycles. The molecule has 1 aliphatic carbocycles. The average molecular weight is 329 g/mol. The quantitative estimate of drug-likeness (QED) is 0.797. The van der Waals surface area contributed by atoms with E-state index in [2.05, 4.69) is 21.2 Å². The SMILES string of the molecule is CCOC(=O)c1c(-c2[nH]ccc2C2CCCCCCC2)n[nH]c1C. The van der Waals surface area contributed by atoms with Gasteiger partial charge < -0.3 is 9.72 Å². The molecule has 2 N–H and O–H groups in total. The summed E-state index contributed by atoms with van der Waals surface area (Å²) in [6, 6.07) is 2.15. The number of nitrogens with zero attached hydrogens (tertiary/aromatic N) is 1. The lowest BCUT2D eigenvalue weighted by Crippen LogP contribution is -2.08. The molecule has 2 heterocycles. The molecule has 0 saturated heterocycles. The van der Waals surface area contributed by atoms with Crippen LogP contribution >= 0.6 is 0 Å². The molecule has 0 unspecified atom stereocenters. The van der Waals surface area contributed by atoms with Gasteiger partial charge in [0.15, 0.2) is 0 Å². The van der Waals surface area contributed by atoms with Gasteiger partial charge in [-0.3, -0.25) is 5.10 Å². The van der Waals surface area contributed by atoms with Crippen molar-refractivity contribution in [2.45, 2.75) is 64.7 Å². The first-order valence-electron chi connectivity index (χ1n) is 9.12. The van der Waals surface area contributed by atoms with E-state index in [1.807, 2.05) is 20.0 Å². The Bertz CT molecular complexity index is 679. The number of ether oxygens (including phenoxy) is 1. The highest BCUT2D eigenvalue weighted by molar-refractivity contribution is 5.97. The van der Waals surface area contributed by atoms with Crippen molar-refractivity contribution in [1.82, 2.24) is 15.2 Å². The Labute approximate surface area is 143 Å². The summed E-state index contributed by atoms with van der Waals surface area (Å²) < 4.78 is 5.21. The first-order valence-corrected chi connectivity index (χ1v) is 9.12. The summed E-state index contributed by atoms with van der Waals surface area (Å²) in [7, 11) is 0. The molecule has 2 aromatic rings. The zero-order valence-electron chi connectivity index (χ0n) is 14.7. The van der Waals surface area contributed by atoms with E-state index in [1.165, 1.54) is 50.5 Å². The van der Waals surface area contributed by atoms with Crippen molar-refractivity contribution < 1.29 is 9.53 Å². The molecule has 1 aliphatic rings. The van der Waals surface area contributed by atoms with E-state index in [4.69, 9.17) is 4.74 Å². The predicted octanol–water partition coefficient (Wildman–Crippen LogP) is 4.72. The number of carbonyl (C=O) groups excluding carboxylic acids is 1. The molecule has 130 valence electrons. The third kappa shape index (κ3) is 3.40. The molecular formula is C19H27N3O2. The van der Waals surface area contributed by atoms with Crippen LogP contribution in [-0.2, 0) is 4.74 Å². The van der Waals surface area contributed by atoms with Crippen LogP contribution in [0.2, 0.25) is 0 Å². The first kappa shape index (κ1) is 16.8. The van der Waals surface area contributed by atoms with Crippen molar-refractivity contribution in [3.8, 4) is 11.4 Å². The number of nitrogens with one attached hydrogen (secondary N) is 2. The summed E-state index contributed by atoms with van der Waals surface area (Å²) in [6.45, 7) is 4.05. The van der Waals surface area contributed by atoms with Crippen LogP contribution in [0.1, 0.15) is 79.4 Å². The smallest absolute Gasteiger partial charge is 0.342 e. The molecule has 0 amide bonds. The molecule has 1 fully saturated rings. The van der Waals surface area contributed by atoms with Crippen molar-refractivity contribution in [3.63, 3.8) is 0 Å². The van der Waals surface area contributed by atoms with Gasteiger partial charge in [-0.15, -0.1) is 0 Å². The van der Waals surface area contributed by atoms with Crippen molar-refractivity contribution in [2.75, 3.05) is 6.61 Å². The van der Waals surface area contributed by atoms with Crippen molar-refractivity contribution in [3.05, 3.63) is 29.1 Å². The second kappa shape index (κ2) is 7.69. The van der Waals surface area contributed by atoms with Crippen molar-refractivity contribution in [1.29, 1.82) is 0 Å². The number of H-pyrrole nitrogens is 2. The number of esters is 1. The minimum Gasteiger partial charge on any atom is -0.462 e. The Hall–Kier alpha value is -2.04. The summed E-state index contributed by atoms with van der Waals surface area (Å²) in [4.78, 5) is 15.7. The fourth-order valence-electron chi connectivity index (χ4n) is 3.76. The Morgan fingerprint density at radius 1 is 1.25 bits per heavy atom. The van der Waals surface area contributed by atoms with E-state index in [0.29, 0.717) is 23.8 Å². The Morgan fingerprint density at radius 2 is 1.96 bits per heavy atom. The Morgan fingerprint density at radius 3 is 2.67 bits per heavy atom. The molecule has 0 bridgehead atoms. The van der Waals surface area contributed by atoms with Crippen LogP contribution in [0.4, 0.5) is 0 Å². The maximum Gasteiger partial charge on any atom is 0.342 e. The third-order valence-electron chi connectivity index (χ3n) is 4.99. The van der Waals surface area contributed by atoms with Gasteiger partial charge in [-0.25, -0.2) is 4.79 Å². The average Bonchev–Trinajstić information content (AvgIpc) is 3.13. The van der Waals surface area contributed by atoms with Gasteiger partial charge in [0, 0.05) is 11.9 Å². The van der Waals surface area contributed by atoms with E-state index in [-0.39, 0.29) is 5.97 Å². The zero-order valence-corrected chi connectivity index (χ0v) is 14.7. The molecular weight excluding hydrogens is 302 g/mol. The normalized spacial score (nSPS) is 16.6. The number of carbonyl (C=O) groups is 1. The van der Waals surface area contributed by atoms with Gasteiger partial charge >= 0.3 is 5.97 Å². The molecule has 5 heteroatoms. The van der Waals surface area contributed by atoms with Gasteiger partial charge in [0.25, 0.3) is 0 Å². The third-order valence-corrected chi connectivity index (χ3v) is 4.99. The fourth-order valence-corrected chi connectivity index (χ4v) is 3.76. The number of aryl methyl sites for hydroxylation is 1. The lowest BCUT2D eigenvalue weighted by atomic mass is 9.85. The molecule has 2 aromatic heterocycles. The molecule has 24 heavy (non-hydrogen) atoms. The predicted molar refractivity (Wildman–Crippen MR) is 94.1 cm³/mol. The summed E-state index contributed by atoms with van der Waals surface area (Å²) in [5.41, 5.74) is 4.24. The van der Waals surface area contributed by atoms with E-state index in [1.54, 1.807) is 0 Å². The monoisotopic (exact) mass is 329 g/mol. The topological polar surface area (TPSA) is 70.8 Å². The largest absolute Gasteiger partial charge is 0.462 e. The van der Waals surface area contributed by atoms with E-state index in [9.17, 15) is 4.79 Å².